The number of hydrogen-bond donors (Lipinski definition) is 0. The summed E-state index contributed by atoms with van der Waals surface area (Å²) in [4.78, 5) is 16.9. The molecule has 3 rings (SSSR count). The lowest BCUT2D eigenvalue weighted by Gasteiger charge is -2.35. The lowest BCUT2D eigenvalue weighted by atomic mass is 10.1. The first-order chi connectivity index (χ1) is 14.9. The van der Waals surface area contributed by atoms with Gasteiger partial charge in [0.05, 0.1) is 11.9 Å². The minimum absolute atomic E-state index is 0.163. The van der Waals surface area contributed by atoms with Crippen LogP contribution in [0.25, 0.3) is 6.08 Å². The van der Waals surface area contributed by atoms with Crippen molar-refractivity contribution in [1.29, 1.82) is 0 Å². The molecule has 1 fully saturated rings. The summed E-state index contributed by atoms with van der Waals surface area (Å²) in [5.74, 6) is -0.163. The average Bonchev–Trinajstić information content (AvgIpc) is 2.78. The maximum Gasteiger partial charge on any atom is 0.243 e. The van der Waals surface area contributed by atoms with Crippen molar-refractivity contribution in [3.05, 3.63) is 71.8 Å². The second-order valence-electron chi connectivity index (χ2n) is 7.78. The van der Waals surface area contributed by atoms with Crippen LogP contribution in [0.2, 0.25) is 0 Å². The van der Waals surface area contributed by atoms with E-state index in [2.05, 4.69) is 29.2 Å². The molecule has 1 saturated heterocycles. The SMILES string of the molecule is CCc1ccc(N(CC(=O)N2CCN(CC=Cc3ccccc3)CC2)S(C)(=O)=O)cc1. The number of carbonyl (C=O) groups is 1. The van der Waals surface area contributed by atoms with Crippen molar-refractivity contribution in [2.75, 3.05) is 49.8 Å². The lowest BCUT2D eigenvalue weighted by molar-refractivity contribution is -0.131. The molecule has 0 N–H and O–H groups in total. The molecule has 31 heavy (non-hydrogen) atoms. The van der Waals surface area contributed by atoms with Gasteiger partial charge in [0, 0.05) is 32.7 Å². The number of aryl methyl sites for hydroxylation is 1. The highest BCUT2D eigenvalue weighted by Crippen LogP contribution is 2.19. The smallest absolute Gasteiger partial charge is 0.243 e. The van der Waals surface area contributed by atoms with Crippen LogP contribution in [0.4, 0.5) is 5.69 Å². The van der Waals surface area contributed by atoms with Gasteiger partial charge in [-0.25, -0.2) is 8.42 Å². The van der Waals surface area contributed by atoms with E-state index in [0.29, 0.717) is 18.8 Å². The largest absolute Gasteiger partial charge is 0.339 e. The zero-order chi connectivity index (χ0) is 22.3. The summed E-state index contributed by atoms with van der Waals surface area (Å²) >= 11 is 0. The number of anilines is 1. The topological polar surface area (TPSA) is 60.9 Å². The Kier molecular flexibility index (Phi) is 7.87. The molecule has 166 valence electrons. The predicted molar refractivity (Wildman–Crippen MR) is 127 cm³/mol. The Hall–Kier alpha value is -2.64. The van der Waals surface area contributed by atoms with E-state index < -0.39 is 10.0 Å². The van der Waals surface area contributed by atoms with Gasteiger partial charge in [-0.3, -0.25) is 14.0 Å². The van der Waals surface area contributed by atoms with Crippen molar-refractivity contribution < 1.29 is 13.2 Å². The summed E-state index contributed by atoms with van der Waals surface area (Å²) in [6, 6.07) is 17.5. The van der Waals surface area contributed by atoms with Crippen molar-refractivity contribution in [1.82, 2.24) is 9.80 Å². The van der Waals surface area contributed by atoms with Gasteiger partial charge in [-0.05, 0) is 29.7 Å². The summed E-state index contributed by atoms with van der Waals surface area (Å²) < 4.78 is 25.9. The summed E-state index contributed by atoms with van der Waals surface area (Å²) in [7, 11) is -3.55. The van der Waals surface area contributed by atoms with Crippen molar-refractivity contribution in [3.63, 3.8) is 0 Å². The second-order valence-corrected chi connectivity index (χ2v) is 9.69. The van der Waals surface area contributed by atoms with Crippen LogP contribution >= 0.6 is 0 Å². The van der Waals surface area contributed by atoms with Crippen LogP contribution in [0, 0.1) is 0 Å². The summed E-state index contributed by atoms with van der Waals surface area (Å²) in [6.07, 6.45) is 6.26. The zero-order valence-electron chi connectivity index (χ0n) is 18.3. The van der Waals surface area contributed by atoms with Gasteiger partial charge in [0.1, 0.15) is 6.54 Å². The molecule has 2 aromatic rings. The molecule has 7 heteroatoms. The van der Waals surface area contributed by atoms with E-state index in [9.17, 15) is 13.2 Å². The fourth-order valence-corrected chi connectivity index (χ4v) is 4.45. The van der Waals surface area contributed by atoms with Crippen LogP contribution in [0.3, 0.4) is 0 Å². The van der Waals surface area contributed by atoms with Gasteiger partial charge in [0.2, 0.25) is 15.9 Å². The highest BCUT2D eigenvalue weighted by atomic mass is 32.2. The van der Waals surface area contributed by atoms with Gasteiger partial charge in [0.25, 0.3) is 0 Å². The molecular formula is C24H31N3O3S. The normalized spacial score (nSPS) is 15.4. The molecule has 0 saturated carbocycles. The van der Waals surface area contributed by atoms with E-state index >= 15 is 0 Å². The monoisotopic (exact) mass is 441 g/mol. The first-order valence-electron chi connectivity index (χ1n) is 10.6. The third-order valence-corrected chi connectivity index (χ3v) is 6.65. The number of nitrogens with zero attached hydrogens (tertiary/aromatic N) is 3. The molecule has 0 aliphatic carbocycles. The highest BCUT2D eigenvalue weighted by molar-refractivity contribution is 7.92. The second kappa shape index (κ2) is 10.6. The average molecular weight is 442 g/mol. The fraction of sp³-hybridized carbons (Fsp3) is 0.375. The van der Waals surface area contributed by atoms with Crippen LogP contribution in [-0.2, 0) is 21.2 Å². The molecule has 6 nitrogen and oxygen atoms in total. The number of sulfonamides is 1. The molecule has 0 spiro atoms. The first kappa shape index (κ1) is 23.0. The Labute approximate surface area is 185 Å². The Balaban J connectivity index is 1.54. The Morgan fingerprint density at radius 1 is 1.00 bits per heavy atom. The van der Waals surface area contributed by atoms with Crippen LogP contribution in [-0.4, -0.2) is 69.6 Å². The predicted octanol–water partition coefficient (Wildman–Crippen LogP) is 2.87. The lowest BCUT2D eigenvalue weighted by Crippen LogP contribution is -2.51. The van der Waals surface area contributed by atoms with Crippen molar-refractivity contribution in [2.45, 2.75) is 13.3 Å². The third kappa shape index (κ3) is 6.67. The molecule has 1 heterocycles. The molecule has 1 aliphatic heterocycles. The molecule has 2 aromatic carbocycles. The maximum absolute atomic E-state index is 12.8. The number of amides is 1. The molecular weight excluding hydrogens is 410 g/mol. The molecule has 1 aliphatic rings. The highest BCUT2D eigenvalue weighted by Gasteiger charge is 2.26. The number of hydrogen-bond acceptors (Lipinski definition) is 4. The van der Waals surface area contributed by atoms with E-state index in [-0.39, 0.29) is 12.5 Å². The molecule has 0 unspecified atom stereocenters. The zero-order valence-corrected chi connectivity index (χ0v) is 19.1. The third-order valence-electron chi connectivity index (χ3n) is 5.51. The quantitative estimate of drug-likeness (QED) is 0.632. The summed E-state index contributed by atoms with van der Waals surface area (Å²) in [5.41, 5.74) is 2.82. The van der Waals surface area contributed by atoms with Gasteiger partial charge in [-0.1, -0.05) is 61.5 Å². The standard InChI is InChI=1S/C24H31N3O3S/c1-3-21-11-13-23(14-12-21)27(31(2,29)30)20-24(28)26-18-16-25(17-19-26)15-7-10-22-8-5-4-6-9-22/h4-14H,3,15-20H2,1-2H3. The van der Waals surface area contributed by atoms with Gasteiger partial charge >= 0.3 is 0 Å². The Bertz CT molecular complexity index is 980. The Morgan fingerprint density at radius 2 is 1.65 bits per heavy atom. The maximum atomic E-state index is 12.8. The molecule has 1 amide bonds. The van der Waals surface area contributed by atoms with Crippen molar-refractivity contribution in [3.8, 4) is 0 Å². The number of carbonyl (C=O) groups excluding carboxylic acids is 1. The number of piperazine rings is 1. The summed E-state index contributed by atoms with van der Waals surface area (Å²) in [5, 5.41) is 0. The summed E-state index contributed by atoms with van der Waals surface area (Å²) in [6.45, 7) is 5.46. The van der Waals surface area contributed by atoms with E-state index in [1.807, 2.05) is 37.3 Å². The van der Waals surface area contributed by atoms with Gasteiger partial charge in [-0.2, -0.15) is 0 Å². The Morgan fingerprint density at radius 3 is 2.23 bits per heavy atom. The van der Waals surface area contributed by atoms with Gasteiger partial charge < -0.3 is 4.90 Å². The van der Waals surface area contributed by atoms with E-state index in [0.717, 1.165) is 37.9 Å². The molecule has 0 aromatic heterocycles. The van der Waals surface area contributed by atoms with Gasteiger partial charge in [-0.15, -0.1) is 0 Å². The molecule has 0 atom stereocenters. The molecule has 0 bridgehead atoms. The van der Waals surface area contributed by atoms with Crippen molar-refractivity contribution in [2.24, 2.45) is 0 Å². The van der Waals surface area contributed by atoms with Gasteiger partial charge in [0.15, 0.2) is 0 Å². The van der Waals surface area contributed by atoms with E-state index in [1.54, 1.807) is 17.0 Å². The number of benzene rings is 2. The minimum Gasteiger partial charge on any atom is -0.339 e. The van der Waals surface area contributed by atoms with Crippen LogP contribution < -0.4 is 4.31 Å². The first-order valence-corrected chi connectivity index (χ1v) is 12.5. The van der Waals surface area contributed by atoms with Crippen LogP contribution in [0.5, 0.6) is 0 Å². The van der Waals surface area contributed by atoms with Crippen LogP contribution in [0.15, 0.2) is 60.7 Å². The van der Waals surface area contributed by atoms with Crippen molar-refractivity contribution >= 4 is 27.7 Å². The van der Waals surface area contributed by atoms with Crippen LogP contribution in [0.1, 0.15) is 18.1 Å². The number of rotatable bonds is 8. The van der Waals surface area contributed by atoms with E-state index in [1.165, 1.54) is 9.87 Å². The minimum atomic E-state index is -3.55. The van der Waals surface area contributed by atoms with E-state index in [4.69, 9.17) is 0 Å². The fourth-order valence-electron chi connectivity index (χ4n) is 3.60. The molecule has 0 radical (unpaired) electrons.